The lowest BCUT2D eigenvalue weighted by Gasteiger charge is -2.42. The number of alkyl halides is 1. The number of amides is 2. The Morgan fingerprint density at radius 1 is 1.48 bits per heavy atom. The molecule has 7 atom stereocenters. The quantitative estimate of drug-likeness (QED) is 0.596. The molecule has 0 spiro atoms. The highest BCUT2D eigenvalue weighted by atomic mass is 19.1. The minimum absolute atomic E-state index is 0.0132. The zero-order valence-electron chi connectivity index (χ0n) is 17.1. The molecule has 29 heavy (non-hydrogen) atoms. The van der Waals surface area contributed by atoms with Crippen LogP contribution in [0.15, 0.2) is 11.1 Å². The number of nitrogens with one attached hydrogen (secondary N) is 3. The Hall–Kier alpha value is -2.34. The summed E-state index contributed by atoms with van der Waals surface area (Å²) in [5, 5.41) is 18.0. The van der Waals surface area contributed by atoms with E-state index in [1.54, 1.807) is 6.92 Å². The van der Waals surface area contributed by atoms with Crippen molar-refractivity contribution in [2.75, 3.05) is 13.1 Å². The summed E-state index contributed by atoms with van der Waals surface area (Å²) >= 11 is 0. The molecule has 0 aromatic carbocycles. The number of carbonyl (C=O) groups is 2. The Bertz CT molecular complexity index is 777. The maximum atomic E-state index is 14.4. The fourth-order valence-corrected chi connectivity index (χ4v) is 5.03. The van der Waals surface area contributed by atoms with Crippen LogP contribution in [0, 0.1) is 28.1 Å². The maximum absolute atomic E-state index is 14.4. The Labute approximate surface area is 169 Å². The molecule has 3 rings (SSSR count). The van der Waals surface area contributed by atoms with Crippen molar-refractivity contribution in [1.29, 1.82) is 5.26 Å². The second-order valence-electron chi connectivity index (χ2n) is 8.50. The second kappa shape index (κ2) is 8.57. The molecule has 0 aromatic rings. The number of nitrogens with zero attached hydrogens (tertiary/aromatic N) is 2. The fraction of sp³-hybridized carbons (Fsp3) is 0.750. The van der Waals surface area contributed by atoms with E-state index in [2.05, 4.69) is 22.9 Å². The Morgan fingerprint density at radius 3 is 2.86 bits per heavy atom. The third-order valence-electron chi connectivity index (χ3n) is 6.49. The topological polar surface area (TPSA) is 114 Å². The number of rotatable bonds is 4. The molecule has 6 unspecified atom stereocenters. The first kappa shape index (κ1) is 21.4. The maximum Gasteiger partial charge on any atom is 0.251 e. The molecule has 3 aliphatic rings. The zero-order chi connectivity index (χ0) is 21.3. The number of fused-ring (bicyclic) bond motifs is 1. The molecule has 0 radical (unpaired) electrons. The summed E-state index contributed by atoms with van der Waals surface area (Å²) < 4.78 is 15.0. The van der Waals surface area contributed by atoms with Gasteiger partial charge in [0, 0.05) is 39.7 Å². The first-order valence-electron chi connectivity index (χ1n) is 10.2. The van der Waals surface area contributed by atoms with E-state index in [1.807, 2.05) is 13.0 Å². The Kier molecular flexibility index (Phi) is 6.32. The van der Waals surface area contributed by atoms with Gasteiger partial charge in [0.15, 0.2) is 6.17 Å². The third kappa shape index (κ3) is 4.32. The third-order valence-corrected chi connectivity index (χ3v) is 6.49. The van der Waals surface area contributed by atoms with E-state index in [-0.39, 0.29) is 43.3 Å². The lowest BCUT2D eigenvalue weighted by atomic mass is 9.76. The lowest BCUT2D eigenvalue weighted by molar-refractivity contribution is -0.610. The minimum atomic E-state index is -1.49. The monoisotopic (exact) mass is 406 g/mol. The molecule has 0 aliphatic carbocycles. The zero-order valence-corrected chi connectivity index (χ0v) is 17.1. The highest BCUT2D eigenvalue weighted by molar-refractivity contribution is 6.00. The van der Waals surface area contributed by atoms with Crippen molar-refractivity contribution < 1.29 is 18.7 Å². The van der Waals surface area contributed by atoms with Gasteiger partial charge in [0.05, 0.1) is 18.5 Å². The Balaban J connectivity index is 1.67. The van der Waals surface area contributed by atoms with Crippen LogP contribution in [0.4, 0.5) is 4.39 Å². The minimum Gasteiger partial charge on any atom is -0.349 e. The van der Waals surface area contributed by atoms with Crippen molar-refractivity contribution in [3.8, 4) is 6.07 Å². The van der Waals surface area contributed by atoms with E-state index in [4.69, 9.17) is 5.26 Å². The standard InChI is InChI=1S/C20H28FN5O3/c1-10-14(20(28)25-16-4-5-23-11(2)18(10)16)7-17(27)24-12(3)19-15(21)6-13(8-22)9-26(19)29/h11-13,15-16,18-19,23H,4-7,9H2,1-3H3,(H-,24,25,27,28)/p+1/t11?,12-,13?,15?,16?,18?,19?/m1/s1. The molecule has 3 aliphatic heterocycles. The van der Waals surface area contributed by atoms with Crippen molar-refractivity contribution in [3.63, 3.8) is 0 Å². The summed E-state index contributed by atoms with van der Waals surface area (Å²) in [7, 11) is 0. The number of hydrogen-bond donors (Lipinski definition) is 3. The van der Waals surface area contributed by atoms with Crippen LogP contribution in [-0.4, -0.2) is 60.0 Å². The summed E-state index contributed by atoms with van der Waals surface area (Å²) in [4.78, 5) is 37.3. The fourth-order valence-electron chi connectivity index (χ4n) is 5.03. The highest BCUT2D eigenvalue weighted by Crippen LogP contribution is 2.32. The number of nitroso groups, excluding NO2 is 1. The van der Waals surface area contributed by atoms with Gasteiger partial charge in [-0.1, -0.05) is 5.57 Å². The first-order valence-corrected chi connectivity index (χ1v) is 10.2. The molecule has 0 saturated carbocycles. The Morgan fingerprint density at radius 2 is 2.21 bits per heavy atom. The van der Waals surface area contributed by atoms with Crippen LogP contribution in [0.2, 0.25) is 0 Å². The number of carbonyl (C=O) groups excluding carboxylic acids is 2. The van der Waals surface area contributed by atoms with Gasteiger partial charge in [-0.25, -0.2) is 4.39 Å². The average Bonchev–Trinajstić information content (AvgIpc) is 2.64. The molecule has 0 bridgehead atoms. The van der Waals surface area contributed by atoms with Gasteiger partial charge in [0.25, 0.3) is 6.04 Å². The van der Waals surface area contributed by atoms with E-state index in [1.165, 1.54) is 0 Å². The molecule has 158 valence electrons. The predicted octanol–water partition coefficient (Wildman–Crippen LogP) is 0.723. The van der Waals surface area contributed by atoms with E-state index in [0.717, 1.165) is 18.5 Å². The molecule has 9 heteroatoms. The van der Waals surface area contributed by atoms with Gasteiger partial charge in [-0.2, -0.15) is 5.26 Å². The van der Waals surface area contributed by atoms with Crippen LogP contribution in [0.5, 0.6) is 0 Å². The SMILES string of the molecule is CC1=C(CC(=O)N[C@H](C)C2C(F)CC(C#N)C[N+]2=O)C(=O)NC2CCNC(C)C12. The summed E-state index contributed by atoms with van der Waals surface area (Å²) in [5.74, 6) is -1.15. The highest BCUT2D eigenvalue weighted by Gasteiger charge is 2.47. The molecular formula is C20H29FN5O3+. The molecule has 8 nitrogen and oxygen atoms in total. The molecule has 0 aromatic heterocycles. The van der Waals surface area contributed by atoms with Gasteiger partial charge in [-0.15, -0.1) is 0 Å². The molecular weight excluding hydrogens is 377 g/mol. The largest absolute Gasteiger partial charge is 0.349 e. The van der Waals surface area contributed by atoms with Crippen LogP contribution < -0.4 is 16.0 Å². The number of hydrogen-bond acceptors (Lipinski definition) is 5. The van der Waals surface area contributed by atoms with Crippen molar-refractivity contribution in [1.82, 2.24) is 16.0 Å². The molecule has 3 heterocycles. The summed E-state index contributed by atoms with van der Waals surface area (Å²) in [5.41, 5.74) is 1.35. The van der Waals surface area contributed by atoms with E-state index in [9.17, 15) is 18.9 Å². The van der Waals surface area contributed by atoms with Crippen LogP contribution in [0.25, 0.3) is 0 Å². The summed E-state index contributed by atoms with van der Waals surface area (Å²) in [6.45, 7) is 6.32. The first-order chi connectivity index (χ1) is 13.7. The van der Waals surface area contributed by atoms with Gasteiger partial charge in [-0.3, -0.25) is 9.59 Å². The van der Waals surface area contributed by atoms with E-state index >= 15 is 0 Å². The number of piperidine rings is 2. The normalized spacial score (nSPS) is 36.0. The van der Waals surface area contributed by atoms with E-state index < -0.39 is 30.1 Å². The van der Waals surface area contributed by atoms with Crippen molar-refractivity contribution in [2.24, 2.45) is 11.8 Å². The summed E-state index contributed by atoms with van der Waals surface area (Å²) in [6, 6.07) is 0.431. The molecule has 3 N–H and O–H groups in total. The van der Waals surface area contributed by atoms with Gasteiger partial charge < -0.3 is 16.0 Å². The number of halogens is 1. The number of nitriles is 1. The van der Waals surface area contributed by atoms with Crippen LogP contribution >= 0.6 is 0 Å². The van der Waals surface area contributed by atoms with E-state index in [0.29, 0.717) is 10.3 Å². The van der Waals surface area contributed by atoms with Crippen LogP contribution in [0.3, 0.4) is 0 Å². The van der Waals surface area contributed by atoms with Crippen LogP contribution in [-0.2, 0) is 9.59 Å². The molecule has 2 fully saturated rings. The summed E-state index contributed by atoms with van der Waals surface area (Å²) in [6.07, 6.45) is -0.769. The molecule has 2 amide bonds. The van der Waals surface area contributed by atoms with Gasteiger partial charge >= 0.3 is 0 Å². The van der Waals surface area contributed by atoms with Gasteiger partial charge in [0.1, 0.15) is 5.92 Å². The average molecular weight is 406 g/mol. The van der Waals surface area contributed by atoms with Gasteiger partial charge in [-0.05, 0) is 33.7 Å². The van der Waals surface area contributed by atoms with Gasteiger partial charge in [0.2, 0.25) is 18.4 Å². The molecule has 2 saturated heterocycles. The van der Waals surface area contributed by atoms with Crippen molar-refractivity contribution >= 4 is 11.8 Å². The van der Waals surface area contributed by atoms with Crippen LogP contribution in [0.1, 0.15) is 40.0 Å². The smallest absolute Gasteiger partial charge is 0.251 e. The van der Waals surface area contributed by atoms with Crippen molar-refractivity contribution in [2.45, 2.75) is 70.4 Å². The predicted molar refractivity (Wildman–Crippen MR) is 103 cm³/mol. The second-order valence-corrected chi connectivity index (χ2v) is 8.50. The lowest BCUT2D eigenvalue weighted by Crippen LogP contribution is -2.58. The van der Waals surface area contributed by atoms with Crippen molar-refractivity contribution in [3.05, 3.63) is 16.1 Å².